The van der Waals surface area contributed by atoms with Crippen molar-refractivity contribution >= 4 is 22.7 Å². The maximum Gasteiger partial charge on any atom is 0.225 e. The third-order valence-electron chi connectivity index (χ3n) is 2.47. The predicted molar refractivity (Wildman–Crippen MR) is 71.0 cm³/mol. The second kappa shape index (κ2) is 4.97. The second-order valence-corrected chi connectivity index (χ2v) is 4.18. The molecule has 0 saturated carbocycles. The van der Waals surface area contributed by atoms with E-state index < -0.39 is 0 Å². The molecule has 5 heteroatoms. The van der Waals surface area contributed by atoms with Crippen LogP contribution in [-0.2, 0) is 0 Å². The molecule has 2 rings (SSSR count). The van der Waals surface area contributed by atoms with Gasteiger partial charge in [-0.1, -0.05) is 12.1 Å². The molecule has 0 aliphatic heterocycles. The Kier molecular flexibility index (Phi) is 3.39. The molecule has 1 aromatic heterocycles. The van der Waals surface area contributed by atoms with Crippen molar-refractivity contribution < 1.29 is 0 Å². The summed E-state index contributed by atoms with van der Waals surface area (Å²) in [6.45, 7) is 1.72. The van der Waals surface area contributed by atoms with Crippen LogP contribution < -0.4 is 11.1 Å². The molecule has 0 spiro atoms. The van der Waals surface area contributed by atoms with E-state index in [0.717, 1.165) is 24.0 Å². The Bertz CT molecular complexity index is 509. The van der Waals surface area contributed by atoms with Crippen LogP contribution in [0.25, 0.3) is 10.9 Å². The van der Waals surface area contributed by atoms with Crippen molar-refractivity contribution in [1.29, 1.82) is 0 Å². The van der Waals surface area contributed by atoms with Crippen molar-refractivity contribution in [3.63, 3.8) is 0 Å². The molecule has 0 saturated heterocycles. The molecule has 0 atom stereocenters. The van der Waals surface area contributed by atoms with Crippen LogP contribution in [0.15, 0.2) is 24.3 Å². The lowest BCUT2D eigenvalue weighted by atomic mass is 10.2. The molecule has 0 aliphatic rings. The highest BCUT2D eigenvalue weighted by molar-refractivity contribution is 5.88. The lowest BCUT2D eigenvalue weighted by Gasteiger charge is -2.11. The lowest BCUT2D eigenvalue weighted by molar-refractivity contribution is 0.425. The van der Waals surface area contributed by atoms with Crippen molar-refractivity contribution in [3.05, 3.63) is 24.3 Å². The molecule has 1 aromatic carbocycles. The van der Waals surface area contributed by atoms with Crippen LogP contribution in [0.4, 0.5) is 11.8 Å². The van der Waals surface area contributed by atoms with Gasteiger partial charge in [-0.3, -0.25) is 0 Å². The number of aromatic nitrogens is 2. The van der Waals surface area contributed by atoms with Gasteiger partial charge < -0.3 is 16.0 Å². The SMILES string of the molecule is CN(C)CCNc1nc(N)c2ccccc2n1. The van der Waals surface area contributed by atoms with Crippen LogP contribution in [0.3, 0.4) is 0 Å². The number of fused-ring (bicyclic) bond motifs is 1. The van der Waals surface area contributed by atoms with Crippen molar-refractivity contribution in [1.82, 2.24) is 14.9 Å². The van der Waals surface area contributed by atoms with E-state index in [1.807, 2.05) is 38.4 Å². The molecule has 1 heterocycles. The Morgan fingerprint density at radius 2 is 2.00 bits per heavy atom. The Morgan fingerprint density at radius 1 is 1.24 bits per heavy atom. The fourth-order valence-electron chi connectivity index (χ4n) is 1.57. The van der Waals surface area contributed by atoms with E-state index >= 15 is 0 Å². The van der Waals surface area contributed by atoms with Crippen molar-refractivity contribution in [2.75, 3.05) is 38.2 Å². The van der Waals surface area contributed by atoms with Gasteiger partial charge in [0.1, 0.15) is 5.82 Å². The van der Waals surface area contributed by atoms with E-state index in [0.29, 0.717) is 11.8 Å². The van der Waals surface area contributed by atoms with E-state index in [4.69, 9.17) is 5.73 Å². The van der Waals surface area contributed by atoms with E-state index in [9.17, 15) is 0 Å². The monoisotopic (exact) mass is 231 g/mol. The van der Waals surface area contributed by atoms with E-state index in [1.165, 1.54) is 0 Å². The summed E-state index contributed by atoms with van der Waals surface area (Å²) in [5.41, 5.74) is 6.75. The average Bonchev–Trinajstić information content (AvgIpc) is 2.28. The first-order valence-electron chi connectivity index (χ1n) is 5.57. The number of para-hydroxylation sites is 1. The van der Waals surface area contributed by atoms with E-state index in [-0.39, 0.29) is 0 Å². The molecule has 0 amide bonds. The standard InChI is InChI=1S/C12H17N5/c1-17(2)8-7-14-12-15-10-6-4-3-5-9(10)11(13)16-12/h3-6H,7-8H2,1-2H3,(H3,13,14,15,16). The molecule has 5 nitrogen and oxygen atoms in total. The molecular formula is C12H17N5. The lowest BCUT2D eigenvalue weighted by Crippen LogP contribution is -2.21. The third-order valence-corrected chi connectivity index (χ3v) is 2.47. The Morgan fingerprint density at radius 3 is 2.76 bits per heavy atom. The highest BCUT2D eigenvalue weighted by atomic mass is 15.1. The highest BCUT2D eigenvalue weighted by Gasteiger charge is 2.03. The smallest absolute Gasteiger partial charge is 0.225 e. The van der Waals surface area contributed by atoms with Crippen LogP contribution in [0.5, 0.6) is 0 Å². The fraction of sp³-hybridized carbons (Fsp3) is 0.333. The van der Waals surface area contributed by atoms with Gasteiger partial charge in [0.05, 0.1) is 5.52 Å². The molecule has 0 aliphatic carbocycles. The number of hydrogen-bond acceptors (Lipinski definition) is 5. The Labute approximate surface area is 101 Å². The number of anilines is 2. The zero-order valence-corrected chi connectivity index (χ0v) is 10.1. The first-order valence-corrected chi connectivity index (χ1v) is 5.57. The largest absolute Gasteiger partial charge is 0.383 e. The minimum atomic E-state index is 0.517. The summed E-state index contributed by atoms with van der Waals surface area (Å²) < 4.78 is 0. The van der Waals surface area contributed by atoms with Crippen LogP contribution >= 0.6 is 0 Å². The van der Waals surface area contributed by atoms with Gasteiger partial charge in [-0.05, 0) is 26.2 Å². The summed E-state index contributed by atoms with van der Waals surface area (Å²) >= 11 is 0. The number of benzene rings is 1. The predicted octanol–water partition coefficient (Wildman–Crippen LogP) is 1.19. The fourth-order valence-corrected chi connectivity index (χ4v) is 1.57. The number of rotatable bonds is 4. The quantitative estimate of drug-likeness (QED) is 0.827. The van der Waals surface area contributed by atoms with Gasteiger partial charge in [-0.15, -0.1) is 0 Å². The molecule has 0 radical (unpaired) electrons. The van der Waals surface area contributed by atoms with E-state index in [2.05, 4.69) is 20.2 Å². The Balaban J connectivity index is 2.19. The zero-order valence-electron chi connectivity index (χ0n) is 10.1. The zero-order chi connectivity index (χ0) is 12.3. The summed E-state index contributed by atoms with van der Waals surface area (Å²) in [6, 6.07) is 7.73. The summed E-state index contributed by atoms with van der Waals surface area (Å²) in [5, 5.41) is 4.06. The Hall–Kier alpha value is -1.88. The first-order chi connectivity index (χ1) is 8.16. The number of nitrogens with two attached hydrogens (primary N) is 1. The van der Waals surface area contributed by atoms with Crippen LogP contribution in [0.2, 0.25) is 0 Å². The van der Waals surface area contributed by atoms with Crippen LogP contribution in [0, 0.1) is 0 Å². The molecular weight excluding hydrogens is 214 g/mol. The topological polar surface area (TPSA) is 67.1 Å². The maximum absolute atomic E-state index is 5.89. The molecule has 0 fully saturated rings. The van der Waals surface area contributed by atoms with Crippen molar-refractivity contribution in [2.45, 2.75) is 0 Å². The number of hydrogen-bond donors (Lipinski definition) is 2. The highest BCUT2D eigenvalue weighted by Crippen LogP contribution is 2.18. The summed E-state index contributed by atoms with van der Waals surface area (Å²) in [6.07, 6.45) is 0. The van der Waals surface area contributed by atoms with Gasteiger partial charge >= 0.3 is 0 Å². The molecule has 3 N–H and O–H groups in total. The maximum atomic E-state index is 5.89. The number of nitrogens with one attached hydrogen (secondary N) is 1. The average molecular weight is 231 g/mol. The normalized spacial score (nSPS) is 11.0. The number of likely N-dealkylation sites (N-methyl/N-ethyl adjacent to an activating group) is 1. The first kappa shape index (κ1) is 11.6. The third kappa shape index (κ3) is 2.82. The van der Waals surface area contributed by atoms with Crippen molar-refractivity contribution in [2.24, 2.45) is 0 Å². The van der Waals surface area contributed by atoms with Gasteiger partial charge in [-0.2, -0.15) is 4.98 Å². The molecule has 90 valence electrons. The van der Waals surface area contributed by atoms with Gasteiger partial charge in [0.25, 0.3) is 0 Å². The molecule has 0 unspecified atom stereocenters. The molecule has 0 bridgehead atoms. The van der Waals surface area contributed by atoms with Gasteiger partial charge in [0.2, 0.25) is 5.95 Å². The van der Waals surface area contributed by atoms with Gasteiger partial charge in [-0.25, -0.2) is 4.98 Å². The summed E-state index contributed by atoms with van der Waals surface area (Å²) in [5.74, 6) is 1.10. The molecule has 17 heavy (non-hydrogen) atoms. The second-order valence-electron chi connectivity index (χ2n) is 4.18. The number of nitrogens with zero attached hydrogens (tertiary/aromatic N) is 3. The van der Waals surface area contributed by atoms with Gasteiger partial charge in [0, 0.05) is 18.5 Å². The molecule has 2 aromatic rings. The van der Waals surface area contributed by atoms with Gasteiger partial charge in [0.15, 0.2) is 0 Å². The minimum Gasteiger partial charge on any atom is -0.383 e. The van der Waals surface area contributed by atoms with Crippen molar-refractivity contribution in [3.8, 4) is 0 Å². The summed E-state index contributed by atoms with van der Waals surface area (Å²) in [4.78, 5) is 10.7. The minimum absolute atomic E-state index is 0.517. The number of nitrogen functional groups attached to an aromatic ring is 1. The van der Waals surface area contributed by atoms with Crippen LogP contribution in [0.1, 0.15) is 0 Å². The summed E-state index contributed by atoms with van der Waals surface area (Å²) in [7, 11) is 4.05. The van der Waals surface area contributed by atoms with E-state index in [1.54, 1.807) is 0 Å². The van der Waals surface area contributed by atoms with Crippen LogP contribution in [-0.4, -0.2) is 42.1 Å².